The van der Waals surface area contributed by atoms with Gasteiger partial charge in [0.15, 0.2) is 0 Å². The van der Waals surface area contributed by atoms with E-state index in [4.69, 9.17) is 0 Å². The van der Waals surface area contributed by atoms with Gasteiger partial charge in [-0.3, -0.25) is 0 Å². The van der Waals surface area contributed by atoms with E-state index in [2.05, 4.69) is 6.92 Å². The lowest BCUT2D eigenvalue weighted by molar-refractivity contribution is 0.0785. The lowest BCUT2D eigenvalue weighted by atomic mass is 9.80. The highest BCUT2D eigenvalue weighted by molar-refractivity contribution is 7.19. The molecule has 0 spiro atoms. The molecule has 1 heterocycles. The van der Waals surface area contributed by atoms with Gasteiger partial charge < -0.3 is 5.11 Å². The second kappa shape index (κ2) is 5.22. The van der Waals surface area contributed by atoms with Crippen molar-refractivity contribution in [2.45, 2.75) is 38.7 Å². The fourth-order valence-electron chi connectivity index (χ4n) is 3.01. The molecule has 2 aromatic rings. The van der Waals surface area contributed by atoms with Crippen LogP contribution in [0.25, 0.3) is 10.1 Å². The Morgan fingerprint density at radius 3 is 2.68 bits per heavy atom. The van der Waals surface area contributed by atoms with Crippen LogP contribution in [0.15, 0.2) is 24.3 Å². The Labute approximate surface area is 117 Å². The van der Waals surface area contributed by atoms with Crippen LogP contribution in [0.4, 0.5) is 4.39 Å². The molecule has 1 saturated carbocycles. The number of hydrogen-bond donors (Lipinski definition) is 1. The molecular formula is C16H19FOS. The van der Waals surface area contributed by atoms with Gasteiger partial charge in [0.1, 0.15) is 5.82 Å². The summed E-state index contributed by atoms with van der Waals surface area (Å²) in [5.74, 6) is 0.955. The molecule has 102 valence electrons. The van der Waals surface area contributed by atoms with Crippen LogP contribution >= 0.6 is 11.3 Å². The van der Waals surface area contributed by atoms with E-state index in [-0.39, 0.29) is 11.9 Å². The molecule has 1 N–H and O–H groups in total. The SMILES string of the molecule is CC1CCC(C(O)c2cc3ccc(F)cc3s2)CC1. The van der Waals surface area contributed by atoms with E-state index in [0.29, 0.717) is 5.92 Å². The zero-order valence-corrected chi connectivity index (χ0v) is 11.9. The number of aliphatic hydroxyl groups is 1. The van der Waals surface area contributed by atoms with Crippen LogP contribution in [0.1, 0.15) is 43.6 Å². The van der Waals surface area contributed by atoms with Gasteiger partial charge in [0.2, 0.25) is 0 Å². The van der Waals surface area contributed by atoms with Crippen LogP contribution in [0.5, 0.6) is 0 Å². The summed E-state index contributed by atoms with van der Waals surface area (Å²) < 4.78 is 14.1. The molecule has 0 saturated heterocycles. The van der Waals surface area contributed by atoms with E-state index in [1.54, 1.807) is 12.1 Å². The minimum absolute atomic E-state index is 0.207. The number of fused-ring (bicyclic) bond motifs is 1. The first kappa shape index (κ1) is 13.1. The van der Waals surface area contributed by atoms with Crippen LogP contribution in [0.2, 0.25) is 0 Å². The Kier molecular flexibility index (Phi) is 3.59. The molecule has 0 aliphatic heterocycles. The van der Waals surface area contributed by atoms with Crippen molar-refractivity contribution < 1.29 is 9.50 Å². The smallest absolute Gasteiger partial charge is 0.124 e. The van der Waals surface area contributed by atoms with Crippen molar-refractivity contribution >= 4 is 21.4 Å². The number of rotatable bonds is 2. The summed E-state index contributed by atoms with van der Waals surface area (Å²) in [5, 5.41) is 11.6. The molecule has 1 aliphatic carbocycles. The Hall–Kier alpha value is -0.930. The molecule has 0 bridgehead atoms. The number of hydrogen-bond acceptors (Lipinski definition) is 2. The average molecular weight is 278 g/mol. The minimum Gasteiger partial charge on any atom is -0.387 e. The van der Waals surface area contributed by atoms with Gasteiger partial charge in [0.25, 0.3) is 0 Å². The van der Waals surface area contributed by atoms with E-state index < -0.39 is 0 Å². The number of benzene rings is 1. The highest BCUT2D eigenvalue weighted by atomic mass is 32.1. The second-order valence-corrected chi connectivity index (χ2v) is 6.91. The van der Waals surface area contributed by atoms with Gasteiger partial charge in [0.05, 0.1) is 6.10 Å². The van der Waals surface area contributed by atoms with Gasteiger partial charge in [0, 0.05) is 9.58 Å². The third-order valence-corrected chi connectivity index (χ3v) is 5.47. The molecule has 1 fully saturated rings. The number of halogens is 1. The van der Waals surface area contributed by atoms with Crippen molar-refractivity contribution in [2.24, 2.45) is 11.8 Å². The predicted molar refractivity (Wildman–Crippen MR) is 77.9 cm³/mol. The maximum atomic E-state index is 13.2. The van der Waals surface area contributed by atoms with Crippen molar-refractivity contribution in [3.63, 3.8) is 0 Å². The Morgan fingerprint density at radius 2 is 1.95 bits per heavy atom. The first-order valence-electron chi connectivity index (χ1n) is 7.00. The molecule has 3 rings (SSSR count). The summed E-state index contributed by atoms with van der Waals surface area (Å²) in [6.45, 7) is 2.28. The van der Waals surface area contributed by atoms with E-state index >= 15 is 0 Å². The van der Waals surface area contributed by atoms with Gasteiger partial charge in [-0.05, 0) is 48.3 Å². The van der Waals surface area contributed by atoms with Crippen LogP contribution in [-0.2, 0) is 0 Å². The monoisotopic (exact) mass is 278 g/mol. The van der Waals surface area contributed by atoms with Crippen molar-refractivity contribution in [3.05, 3.63) is 35.0 Å². The van der Waals surface area contributed by atoms with Crippen LogP contribution < -0.4 is 0 Å². The third kappa shape index (κ3) is 2.67. The first-order valence-corrected chi connectivity index (χ1v) is 7.82. The maximum Gasteiger partial charge on any atom is 0.124 e. The van der Waals surface area contributed by atoms with Crippen molar-refractivity contribution in [1.29, 1.82) is 0 Å². The summed E-state index contributed by atoms with van der Waals surface area (Å²) in [5.41, 5.74) is 0. The third-order valence-electron chi connectivity index (χ3n) is 4.30. The van der Waals surface area contributed by atoms with Crippen LogP contribution in [0, 0.1) is 17.7 Å². The lowest BCUT2D eigenvalue weighted by Gasteiger charge is -2.29. The highest BCUT2D eigenvalue weighted by Gasteiger charge is 2.26. The van der Waals surface area contributed by atoms with Crippen LogP contribution in [0.3, 0.4) is 0 Å². The zero-order chi connectivity index (χ0) is 13.4. The quantitative estimate of drug-likeness (QED) is 0.828. The normalized spacial score (nSPS) is 25.6. The molecule has 1 aromatic heterocycles. The van der Waals surface area contributed by atoms with Gasteiger partial charge in [-0.15, -0.1) is 11.3 Å². The van der Waals surface area contributed by atoms with Crippen molar-refractivity contribution in [3.8, 4) is 0 Å². The van der Waals surface area contributed by atoms with Gasteiger partial charge in [-0.2, -0.15) is 0 Å². The zero-order valence-electron chi connectivity index (χ0n) is 11.1. The summed E-state index contributed by atoms with van der Waals surface area (Å²) >= 11 is 1.52. The van der Waals surface area contributed by atoms with Gasteiger partial charge >= 0.3 is 0 Å². The predicted octanol–water partition coefficient (Wildman–Crippen LogP) is 4.90. The number of thiophene rings is 1. The molecule has 0 amide bonds. The fraction of sp³-hybridized carbons (Fsp3) is 0.500. The molecule has 1 aromatic carbocycles. The summed E-state index contributed by atoms with van der Waals surface area (Å²) in [4.78, 5) is 0.986. The van der Waals surface area contributed by atoms with E-state index in [0.717, 1.165) is 33.7 Å². The molecule has 0 radical (unpaired) electrons. The fourth-order valence-corrected chi connectivity index (χ4v) is 4.17. The summed E-state index contributed by atoms with van der Waals surface area (Å²) in [6, 6.07) is 6.84. The second-order valence-electron chi connectivity index (χ2n) is 5.80. The standard InChI is InChI=1S/C16H19FOS/c1-10-2-4-11(5-3-10)16(18)15-8-12-6-7-13(17)9-14(12)19-15/h6-11,16,18H,2-5H2,1H3. The van der Waals surface area contributed by atoms with Gasteiger partial charge in [-0.1, -0.05) is 25.8 Å². The van der Waals surface area contributed by atoms with Crippen molar-refractivity contribution in [1.82, 2.24) is 0 Å². The van der Waals surface area contributed by atoms with E-state index in [1.807, 2.05) is 6.07 Å². The maximum absolute atomic E-state index is 13.2. The topological polar surface area (TPSA) is 20.2 Å². The molecule has 1 aliphatic rings. The van der Waals surface area contributed by atoms with Crippen LogP contribution in [-0.4, -0.2) is 5.11 Å². The van der Waals surface area contributed by atoms with Crippen molar-refractivity contribution in [2.75, 3.05) is 0 Å². The average Bonchev–Trinajstić information content (AvgIpc) is 2.81. The molecule has 1 unspecified atom stereocenters. The molecule has 1 atom stereocenters. The number of aliphatic hydroxyl groups excluding tert-OH is 1. The van der Waals surface area contributed by atoms with E-state index in [9.17, 15) is 9.50 Å². The Morgan fingerprint density at radius 1 is 1.21 bits per heavy atom. The minimum atomic E-state index is -0.382. The Bertz CT molecular complexity index is 569. The Balaban J connectivity index is 1.83. The first-order chi connectivity index (χ1) is 9.13. The van der Waals surface area contributed by atoms with E-state index in [1.165, 1.54) is 30.2 Å². The molecular weight excluding hydrogens is 259 g/mol. The molecule has 1 nitrogen and oxygen atoms in total. The summed E-state index contributed by atoms with van der Waals surface area (Å²) in [6.07, 6.45) is 4.24. The molecule has 3 heteroatoms. The largest absolute Gasteiger partial charge is 0.387 e. The highest BCUT2D eigenvalue weighted by Crippen LogP contribution is 2.40. The van der Waals surface area contributed by atoms with Gasteiger partial charge in [-0.25, -0.2) is 4.39 Å². The lowest BCUT2D eigenvalue weighted by Crippen LogP contribution is -2.18. The summed E-state index contributed by atoms with van der Waals surface area (Å²) in [7, 11) is 0. The molecule has 19 heavy (non-hydrogen) atoms.